The minimum absolute atomic E-state index is 0.982. The van der Waals surface area contributed by atoms with Gasteiger partial charge in [-0.15, -0.1) is 0 Å². The predicted octanol–water partition coefficient (Wildman–Crippen LogP) is 4.46. The first-order valence-electron chi connectivity index (χ1n) is 9.75. The molecule has 4 nitrogen and oxygen atoms in total. The molecule has 0 saturated heterocycles. The molecule has 0 atom stereocenters. The SMILES string of the molecule is c1cnc2c(c1)CCc1c-2nc(-c2ccncc2)c2c1-c1ncccc1CC2. The zero-order valence-corrected chi connectivity index (χ0v) is 15.4. The molecular weight excluding hydrogens is 344 g/mol. The van der Waals surface area contributed by atoms with Gasteiger partial charge in [-0.3, -0.25) is 15.0 Å². The molecule has 2 aliphatic rings. The van der Waals surface area contributed by atoms with Crippen LogP contribution >= 0.6 is 0 Å². The average Bonchev–Trinajstić information content (AvgIpc) is 2.78. The van der Waals surface area contributed by atoms with E-state index in [1.54, 1.807) is 0 Å². The summed E-state index contributed by atoms with van der Waals surface area (Å²) in [4.78, 5) is 18.9. The summed E-state index contributed by atoms with van der Waals surface area (Å²) in [5, 5.41) is 0. The smallest absolute Gasteiger partial charge is 0.0935 e. The molecule has 0 N–H and O–H groups in total. The van der Waals surface area contributed by atoms with Gasteiger partial charge in [0.15, 0.2) is 0 Å². The molecule has 0 spiro atoms. The lowest BCUT2D eigenvalue weighted by molar-refractivity contribution is 0.875. The predicted molar refractivity (Wildman–Crippen MR) is 109 cm³/mol. The molecule has 4 heteroatoms. The van der Waals surface area contributed by atoms with Crippen LogP contribution in [-0.4, -0.2) is 19.9 Å². The molecule has 0 aromatic carbocycles. The molecule has 4 aromatic rings. The second-order valence-corrected chi connectivity index (χ2v) is 7.40. The van der Waals surface area contributed by atoms with Crippen LogP contribution in [0.15, 0.2) is 61.2 Å². The number of aryl methyl sites for hydroxylation is 2. The van der Waals surface area contributed by atoms with E-state index >= 15 is 0 Å². The quantitative estimate of drug-likeness (QED) is 0.501. The van der Waals surface area contributed by atoms with Gasteiger partial charge in [-0.05, 0) is 72.2 Å². The van der Waals surface area contributed by atoms with E-state index in [9.17, 15) is 0 Å². The van der Waals surface area contributed by atoms with Gasteiger partial charge in [0.05, 0.1) is 22.8 Å². The molecule has 0 unspecified atom stereocenters. The molecule has 134 valence electrons. The Morgan fingerprint density at radius 1 is 0.571 bits per heavy atom. The number of fused-ring (bicyclic) bond motifs is 7. The van der Waals surface area contributed by atoms with Gasteiger partial charge in [0, 0.05) is 35.9 Å². The molecule has 0 saturated carbocycles. The highest BCUT2D eigenvalue weighted by Crippen LogP contribution is 2.44. The summed E-state index contributed by atoms with van der Waals surface area (Å²) < 4.78 is 0. The lowest BCUT2D eigenvalue weighted by Gasteiger charge is -2.28. The van der Waals surface area contributed by atoms with Crippen molar-refractivity contribution < 1.29 is 0 Å². The first-order valence-corrected chi connectivity index (χ1v) is 9.75. The van der Waals surface area contributed by atoms with E-state index in [0.29, 0.717) is 0 Å². The summed E-state index contributed by atoms with van der Waals surface area (Å²) in [5.74, 6) is 0. The van der Waals surface area contributed by atoms with Crippen LogP contribution in [0.4, 0.5) is 0 Å². The Hall–Kier alpha value is -3.40. The van der Waals surface area contributed by atoms with E-state index in [2.05, 4.69) is 17.1 Å². The van der Waals surface area contributed by atoms with E-state index in [1.165, 1.54) is 27.8 Å². The van der Waals surface area contributed by atoms with Crippen molar-refractivity contribution in [2.45, 2.75) is 25.7 Å². The second-order valence-electron chi connectivity index (χ2n) is 7.40. The van der Waals surface area contributed by atoms with Crippen molar-refractivity contribution in [1.29, 1.82) is 0 Å². The Morgan fingerprint density at radius 2 is 1.21 bits per heavy atom. The van der Waals surface area contributed by atoms with Gasteiger partial charge in [0.25, 0.3) is 0 Å². The van der Waals surface area contributed by atoms with Crippen LogP contribution in [0, 0.1) is 0 Å². The van der Waals surface area contributed by atoms with E-state index in [0.717, 1.165) is 54.0 Å². The molecule has 0 radical (unpaired) electrons. The van der Waals surface area contributed by atoms with Crippen LogP contribution < -0.4 is 0 Å². The lowest BCUT2D eigenvalue weighted by Crippen LogP contribution is -2.16. The number of aromatic nitrogens is 4. The van der Waals surface area contributed by atoms with Crippen LogP contribution in [0.5, 0.6) is 0 Å². The fraction of sp³-hybridized carbons (Fsp3) is 0.167. The van der Waals surface area contributed by atoms with Gasteiger partial charge in [-0.2, -0.15) is 0 Å². The summed E-state index contributed by atoms with van der Waals surface area (Å²) in [5.41, 5.74) is 11.8. The number of nitrogens with zero attached hydrogens (tertiary/aromatic N) is 4. The Labute approximate surface area is 163 Å². The molecule has 2 aliphatic carbocycles. The summed E-state index contributed by atoms with van der Waals surface area (Å²) in [6, 6.07) is 12.5. The largest absolute Gasteiger partial charge is 0.265 e. The highest BCUT2D eigenvalue weighted by molar-refractivity contribution is 5.86. The maximum Gasteiger partial charge on any atom is 0.0935 e. The molecule has 4 aromatic heterocycles. The minimum atomic E-state index is 0.982. The Morgan fingerprint density at radius 3 is 1.96 bits per heavy atom. The second kappa shape index (κ2) is 6.06. The fourth-order valence-electron chi connectivity index (χ4n) is 4.62. The molecule has 28 heavy (non-hydrogen) atoms. The van der Waals surface area contributed by atoms with Gasteiger partial charge in [-0.1, -0.05) is 12.1 Å². The summed E-state index contributed by atoms with van der Waals surface area (Å²) >= 11 is 0. The molecule has 0 bridgehead atoms. The first kappa shape index (κ1) is 15.6. The standard InChI is InChI=1S/C24H18N4/c1-3-15-5-7-18-20(22(15)26-11-1)19-8-6-16-4-2-12-27-23(16)24(19)28-21(18)17-9-13-25-14-10-17/h1-4,9-14H,5-8H2. The van der Waals surface area contributed by atoms with E-state index in [1.807, 2.05) is 49.1 Å². The highest BCUT2D eigenvalue weighted by Gasteiger charge is 2.30. The Kier molecular flexibility index (Phi) is 3.38. The highest BCUT2D eigenvalue weighted by atomic mass is 14.8. The maximum atomic E-state index is 5.19. The summed E-state index contributed by atoms with van der Waals surface area (Å²) in [6.45, 7) is 0. The molecule has 0 amide bonds. The molecule has 4 heterocycles. The van der Waals surface area contributed by atoms with Crippen molar-refractivity contribution in [2.24, 2.45) is 0 Å². The van der Waals surface area contributed by atoms with E-state index < -0.39 is 0 Å². The zero-order valence-electron chi connectivity index (χ0n) is 15.4. The van der Waals surface area contributed by atoms with Crippen molar-refractivity contribution in [3.63, 3.8) is 0 Å². The number of pyridine rings is 4. The number of hydrogen-bond donors (Lipinski definition) is 0. The van der Waals surface area contributed by atoms with Crippen LogP contribution in [0.2, 0.25) is 0 Å². The first-order chi connectivity index (χ1) is 13.9. The fourth-order valence-corrected chi connectivity index (χ4v) is 4.62. The molecule has 6 rings (SSSR count). The molecule has 0 fully saturated rings. The van der Waals surface area contributed by atoms with Crippen molar-refractivity contribution in [1.82, 2.24) is 19.9 Å². The topological polar surface area (TPSA) is 51.6 Å². The maximum absolute atomic E-state index is 5.19. The van der Waals surface area contributed by atoms with E-state index in [-0.39, 0.29) is 0 Å². The van der Waals surface area contributed by atoms with Crippen molar-refractivity contribution >= 4 is 0 Å². The lowest BCUT2D eigenvalue weighted by atomic mass is 9.79. The van der Waals surface area contributed by atoms with Gasteiger partial charge in [0.1, 0.15) is 0 Å². The normalized spacial score (nSPS) is 13.9. The van der Waals surface area contributed by atoms with Crippen molar-refractivity contribution in [3.8, 4) is 33.9 Å². The monoisotopic (exact) mass is 362 g/mol. The third-order valence-corrected chi connectivity index (χ3v) is 5.88. The minimum Gasteiger partial charge on any atom is -0.265 e. The van der Waals surface area contributed by atoms with Crippen LogP contribution in [0.3, 0.4) is 0 Å². The van der Waals surface area contributed by atoms with Crippen LogP contribution in [0.1, 0.15) is 22.3 Å². The zero-order chi connectivity index (χ0) is 18.5. The Bertz CT molecular complexity index is 1190. The molecular formula is C24H18N4. The van der Waals surface area contributed by atoms with E-state index in [4.69, 9.17) is 15.0 Å². The van der Waals surface area contributed by atoms with Crippen molar-refractivity contribution in [3.05, 3.63) is 83.4 Å². The Balaban J connectivity index is 1.73. The average molecular weight is 362 g/mol. The van der Waals surface area contributed by atoms with Gasteiger partial charge in [0.2, 0.25) is 0 Å². The number of hydrogen-bond acceptors (Lipinski definition) is 4. The van der Waals surface area contributed by atoms with Crippen LogP contribution in [0.25, 0.3) is 33.9 Å². The van der Waals surface area contributed by atoms with Gasteiger partial charge >= 0.3 is 0 Å². The van der Waals surface area contributed by atoms with Crippen LogP contribution in [-0.2, 0) is 25.7 Å². The number of rotatable bonds is 1. The van der Waals surface area contributed by atoms with Gasteiger partial charge in [-0.25, -0.2) is 4.98 Å². The van der Waals surface area contributed by atoms with Gasteiger partial charge < -0.3 is 0 Å². The third-order valence-electron chi connectivity index (χ3n) is 5.88. The summed E-state index contributed by atoms with van der Waals surface area (Å²) in [6.07, 6.45) is 11.4. The summed E-state index contributed by atoms with van der Waals surface area (Å²) in [7, 11) is 0. The van der Waals surface area contributed by atoms with Crippen molar-refractivity contribution in [2.75, 3.05) is 0 Å². The third kappa shape index (κ3) is 2.24. The molecule has 0 aliphatic heterocycles.